The van der Waals surface area contributed by atoms with Gasteiger partial charge in [0.2, 0.25) is 0 Å². The fraction of sp³-hybridized carbons (Fsp3) is 0.143. The van der Waals surface area contributed by atoms with Gasteiger partial charge in [0.25, 0.3) is 4.73 Å². The molecule has 2 heterocycles. The predicted molar refractivity (Wildman–Crippen MR) is 60.5 cm³/mol. The number of nitro groups is 1. The van der Waals surface area contributed by atoms with E-state index in [1.54, 1.807) is 12.1 Å². The van der Waals surface area contributed by atoms with E-state index in [9.17, 15) is 10.1 Å². The SMILES string of the molecule is O=[N+]([O-])c1nc(Br)n(Cc2ccc(Cl)nn2)n1. The lowest BCUT2D eigenvalue weighted by molar-refractivity contribution is -0.394. The Morgan fingerprint density at radius 3 is 2.76 bits per heavy atom. The van der Waals surface area contributed by atoms with Gasteiger partial charge in [-0.15, -0.1) is 5.10 Å². The molecular formula is C7H4BrClN6O2. The summed E-state index contributed by atoms with van der Waals surface area (Å²) in [6.07, 6.45) is 0. The molecule has 10 heteroatoms. The van der Waals surface area contributed by atoms with Crippen molar-refractivity contribution >= 4 is 33.5 Å². The summed E-state index contributed by atoms with van der Waals surface area (Å²) >= 11 is 8.65. The molecule has 0 saturated carbocycles. The van der Waals surface area contributed by atoms with Gasteiger partial charge in [0.05, 0.1) is 5.69 Å². The molecule has 2 rings (SSSR count). The lowest BCUT2D eigenvalue weighted by Crippen LogP contribution is -2.05. The van der Waals surface area contributed by atoms with Crippen molar-refractivity contribution in [2.24, 2.45) is 0 Å². The topological polar surface area (TPSA) is 99.6 Å². The molecule has 0 fully saturated rings. The zero-order valence-electron chi connectivity index (χ0n) is 8.12. The molecule has 0 aliphatic carbocycles. The monoisotopic (exact) mass is 318 g/mol. The highest BCUT2D eigenvalue weighted by atomic mass is 79.9. The van der Waals surface area contributed by atoms with E-state index in [1.807, 2.05) is 0 Å². The van der Waals surface area contributed by atoms with E-state index in [2.05, 4.69) is 36.2 Å². The first-order chi connectivity index (χ1) is 8.06. The summed E-state index contributed by atoms with van der Waals surface area (Å²) in [5.41, 5.74) is 0.565. The van der Waals surface area contributed by atoms with Gasteiger partial charge in [-0.2, -0.15) is 9.78 Å². The van der Waals surface area contributed by atoms with Gasteiger partial charge in [0.1, 0.15) is 6.54 Å². The number of aromatic nitrogens is 5. The maximum atomic E-state index is 10.5. The molecule has 0 radical (unpaired) electrons. The summed E-state index contributed by atoms with van der Waals surface area (Å²) in [6, 6.07) is 3.22. The van der Waals surface area contributed by atoms with Crippen LogP contribution in [0.4, 0.5) is 5.95 Å². The number of hydrogen-bond donors (Lipinski definition) is 0. The van der Waals surface area contributed by atoms with Crippen molar-refractivity contribution < 1.29 is 4.92 Å². The van der Waals surface area contributed by atoms with E-state index in [1.165, 1.54) is 4.68 Å². The van der Waals surface area contributed by atoms with Crippen LogP contribution in [0.3, 0.4) is 0 Å². The normalized spacial score (nSPS) is 10.5. The molecule has 0 aromatic carbocycles. The van der Waals surface area contributed by atoms with Crippen molar-refractivity contribution in [2.75, 3.05) is 0 Å². The van der Waals surface area contributed by atoms with Gasteiger partial charge in [0, 0.05) is 21.0 Å². The van der Waals surface area contributed by atoms with Gasteiger partial charge in [-0.25, -0.2) is 0 Å². The van der Waals surface area contributed by atoms with E-state index in [0.717, 1.165) is 0 Å². The van der Waals surface area contributed by atoms with Crippen LogP contribution in [0.15, 0.2) is 16.9 Å². The summed E-state index contributed by atoms with van der Waals surface area (Å²) in [5, 5.41) is 21.9. The van der Waals surface area contributed by atoms with Crippen LogP contribution in [0.1, 0.15) is 5.69 Å². The van der Waals surface area contributed by atoms with Crippen LogP contribution in [-0.2, 0) is 6.54 Å². The molecule has 0 N–H and O–H groups in total. The molecule has 0 bridgehead atoms. The van der Waals surface area contributed by atoms with Crippen molar-refractivity contribution in [3.05, 3.63) is 37.8 Å². The van der Waals surface area contributed by atoms with E-state index in [4.69, 9.17) is 11.6 Å². The van der Waals surface area contributed by atoms with Gasteiger partial charge in [0.15, 0.2) is 5.15 Å². The summed E-state index contributed by atoms with van der Waals surface area (Å²) in [7, 11) is 0. The highest BCUT2D eigenvalue weighted by Crippen LogP contribution is 2.13. The third kappa shape index (κ3) is 2.74. The highest BCUT2D eigenvalue weighted by Gasteiger charge is 2.19. The summed E-state index contributed by atoms with van der Waals surface area (Å²) in [4.78, 5) is 13.4. The van der Waals surface area contributed by atoms with E-state index >= 15 is 0 Å². The lowest BCUT2D eigenvalue weighted by atomic mass is 10.4. The molecule has 0 aliphatic heterocycles. The van der Waals surface area contributed by atoms with Crippen molar-refractivity contribution in [2.45, 2.75) is 6.54 Å². The first kappa shape index (κ1) is 11.9. The molecule has 8 nitrogen and oxygen atoms in total. The van der Waals surface area contributed by atoms with Crippen LogP contribution in [0.5, 0.6) is 0 Å². The Morgan fingerprint density at radius 1 is 1.47 bits per heavy atom. The van der Waals surface area contributed by atoms with Crippen molar-refractivity contribution in [3.63, 3.8) is 0 Å². The lowest BCUT2D eigenvalue weighted by Gasteiger charge is -1.96. The minimum absolute atomic E-state index is 0.214. The minimum atomic E-state index is -0.672. The van der Waals surface area contributed by atoms with Crippen LogP contribution in [0, 0.1) is 10.1 Å². The molecule has 0 unspecified atom stereocenters. The Balaban J connectivity index is 2.24. The molecule has 2 aromatic rings. The Bertz CT molecular complexity index is 556. The van der Waals surface area contributed by atoms with E-state index in [-0.39, 0.29) is 16.4 Å². The molecular weight excluding hydrogens is 315 g/mol. The van der Waals surface area contributed by atoms with Crippen LogP contribution in [0.25, 0.3) is 0 Å². The third-order valence-electron chi connectivity index (χ3n) is 1.78. The van der Waals surface area contributed by atoms with Gasteiger partial charge in [-0.05, 0) is 22.0 Å². The largest absolute Gasteiger partial charge is 0.492 e. The summed E-state index contributed by atoms with van der Waals surface area (Å²) < 4.78 is 1.55. The quantitative estimate of drug-likeness (QED) is 0.627. The molecule has 88 valence electrons. The van der Waals surface area contributed by atoms with Crippen molar-refractivity contribution in [3.8, 4) is 0 Å². The molecule has 0 aliphatic rings. The minimum Gasteiger partial charge on any atom is -0.390 e. The fourth-order valence-electron chi connectivity index (χ4n) is 1.07. The maximum absolute atomic E-state index is 10.5. The summed E-state index contributed by atoms with van der Waals surface area (Å²) in [6.45, 7) is 0.214. The van der Waals surface area contributed by atoms with Crippen LogP contribution < -0.4 is 0 Å². The van der Waals surface area contributed by atoms with Crippen LogP contribution in [-0.4, -0.2) is 29.9 Å². The number of halogens is 2. The maximum Gasteiger partial charge on any atom is 0.492 e. The second-order valence-corrected chi connectivity index (χ2v) is 4.04. The summed E-state index contributed by atoms with van der Waals surface area (Å²) in [5.74, 6) is -0.473. The third-order valence-corrected chi connectivity index (χ3v) is 2.57. The van der Waals surface area contributed by atoms with E-state index in [0.29, 0.717) is 5.69 Å². The van der Waals surface area contributed by atoms with Crippen LogP contribution >= 0.6 is 27.5 Å². The predicted octanol–water partition coefficient (Wildman–Crippen LogP) is 1.44. The molecule has 0 atom stereocenters. The van der Waals surface area contributed by atoms with Crippen molar-refractivity contribution in [1.29, 1.82) is 0 Å². The standard InChI is InChI=1S/C7H4BrClN6O2/c8-6-10-7(15(16)17)13-14(6)3-4-1-2-5(9)12-11-4/h1-2H,3H2. The van der Waals surface area contributed by atoms with Gasteiger partial charge < -0.3 is 10.1 Å². The smallest absolute Gasteiger partial charge is 0.390 e. The molecule has 0 spiro atoms. The molecule has 0 saturated heterocycles. The van der Waals surface area contributed by atoms with Crippen LogP contribution in [0.2, 0.25) is 5.15 Å². The zero-order chi connectivity index (χ0) is 12.4. The Labute approximate surface area is 108 Å². The first-order valence-electron chi connectivity index (χ1n) is 4.29. The van der Waals surface area contributed by atoms with E-state index < -0.39 is 10.9 Å². The Morgan fingerprint density at radius 2 is 2.24 bits per heavy atom. The Kier molecular flexibility index (Phi) is 3.29. The number of nitrogens with zero attached hydrogens (tertiary/aromatic N) is 6. The fourth-order valence-corrected chi connectivity index (χ4v) is 1.54. The highest BCUT2D eigenvalue weighted by molar-refractivity contribution is 9.10. The number of hydrogen-bond acceptors (Lipinski definition) is 6. The zero-order valence-corrected chi connectivity index (χ0v) is 10.5. The second-order valence-electron chi connectivity index (χ2n) is 2.94. The molecule has 17 heavy (non-hydrogen) atoms. The van der Waals surface area contributed by atoms with Crippen molar-refractivity contribution in [1.82, 2.24) is 25.0 Å². The average molecular weight is 320 g/mol. The molecule has 0 amide bonds. The Hall–Kier alpha value is -1.61. The average Bonchev–Trinajstić information content (AvgIpc) is 2.64. The van der Waals surface area contributed by atoms with Gasteiger partial charge in [-0.1, -0.05) is 11.6 Å². The second kappa shape index (κ2) is 4.72. The number of rotatable bonds is 3. The van der Waals surface area contributed by atoms with Gasteiger partial charge >= 0.3 is 5.95 Å². The molecule has 2 aromatic heterocycles. The first-order valence-corrected chi connectivity index (χ1v) is 5.46. The van der Waals surface area contributed by atoms with Gasteiger partial charge in [-0.3, -0.25) is 0 Å².